The van der Waals surface area contributed by atoms with Crippen molar-refractivity contribution < 1.29 is 9.59 Å². The fourth-order valence-electron chi connectivity index (χ4n) is 2.37. The molecule has 0 saturated carbocycles. The van der Waals surface area contributed by atoms with Gasteiger partial charge in [0.1, 0.15) is 0 Å². The monoisotopic (exact) mass is 275 g/mol. The lowest BCUT2D eigenvalue weighted by Crippen LogP contribution is -2.26. The van der Waals surface area contributed by atoms with Crippen molar-refractivity contribution in [3.63, 3.8) is 0 Å². The lowest BCUT2D eigenvalue weighted by atomic mass is 10.2. The summed E-state index contributed by atoms with van der Waals surface area (Å²) >= 11 is 0. The van der Waals surface area contributed by atoms with E-state index in [1.807, 2.05) is 29.2 Å². The van der Waals surface area contributed by atoms with Crippen LogP contribution in [0.25, 0.3) is 0 Å². The van der Waals surface area contributed by atoms with E-state index >= 15 is 0 Å². The van der Waals surface area contributed by atoms with E-state index in [0.29, 0.717) is 32.4 Å². The van der Waals surface area contributed by atoms with E-state index < -0.39 is 0 Å². The molecule has 0 aliphatic carbocycles. The van der Waals surface area contributed by atoms with Crippen molar-refractivity contribution in [3.8, 4) is 0 Å². The first-order chi connectivity index (χ1) is 9.69. The minimum Gasteiger partial charge on any atom is -0.343 e. The fourth-order valence-corrected chi connectivity index (χ4v) is 2.37. The molecule has 0 spiro atoms. The summed E-state index contributed by atoms with van der Waals surface area (Å²) < 4.78 is 0. The molecule has 0 bridgehead atoms. The van der Waals surface area contributed by atoms with Gasteiger partial charge in [0.25, 0.3) is 0 Å². The average Bonchev–Trinajstić information content (AvgIpc) is 2.85. The van der Waals surface area contributed by atoms with Crippen LogP contribution in [0.1, 0.15) is 31.2 Å². The van der Waals surface area contributed by atoms with Gasteiger partial charge in [-0.05, 0) is 30.5 Å². The summed E-state index contributed by atoms with van der Waals surface area (Å²) in [5, 5.41) is 2.86. The molecule has 20 heavy (non-hydrogen) atoms. The number of benzene rings is 1. The predicted octanol–water partition coefficient (Wildman–Crippen LogP) is 1.49. The second-order valence-corrected chi connectivity index (χ2v) is 5.04. The van der Waals surface area contributed by atoms with Gasteiger partial charge in [-0.1, -0.05) is 12.1 Å². The zero-order chi connectivity index (χ0) is 14.4. The highest BCUT2D eigenvalue weighted by atomic mass is 16.2. The number of carbonyl (C=O) groups is 2. The molecule has 3 N–H and O–H groups in total. The topological polar surface area (TPSA) is 75.4 Å². The molecule has 1 aliphatic heterocycles. The Hall–Kier alpha value is -1.88. The number of hydrogen-bond donors (Lipinski definition) is 2. The van der Waals surface area contributed by atoms with Crippen LogP contribution in [0, 0.1) is 0 Å². The molecule has 0 unspecified atom stereocenters. The SMILES string of the molecule is NCc1cccc(NC(=O)CCCN2CCCC2=O)c1. The van der Waals surface area contributed by atoms with Crippen LogP contribution in [0.15, 0.2) is 24.3 Å². The maximum atomic E-state index is 11.8. The largest absolute Gasteiger partial charge is 0.343 e. The van der Waals surface area contributed by atoms with E-state index in [4.69, 9.17) is 5.73 Å². The number of nitrogens with zero attached hydrogens (tertiary/aromatic N) is 1. The van der Waals surface area contributed by atoms with Crippen LogP contribution >= 0.6 is 0 Å². The molecule has 2 amide bonds. The van der Waals surface area contributed by atoms with E-state index in [0.717, 1.165) is 24.2 Å². The van der Waals surface area contributed by atoms with E-state index in [-0.39, 0.29) is 11.8 Å². The van der Waals surface area contributed by atoms with Gasteiger partial charge in [0.05, 0.1) is 0 Å². The molecule has 0 radical (unpaired) electrons. The van der Waals surface area contributed by atoms with Crippen molar-refractivity contribution in [1.82, 2.24) is 4.90 Å². The summed E-state index contributed by atoms with van der Waals surface area (Å²) in [5.41, 5.74) is 7.33. The Morgan fingerprint density at radius 3 is 2.95 bits per heavy atom. The van der Waals surface area contributed by atoms with Crippen molar-refractivity contribution in [2.75, 3.05) is 18.4 Å². The summed E-state index contributed by atoms with van der Waals surface area (Å²) in [4.78, 5) is 25.1. The summed E-state index contributed by atoms with van der Waals surface area (Å²) in [5.74, 6) is 0.187. The number of nitrogens with two attached hydrogens (primary N) is 1. The second-order valence-electron chi connectivity index (χ2n) is 5.04. The molecule has 1 saturated heterocycles. The lowest BCUT2D eigenvalue weighted by molar-refractivity contribution is -0.128. The Morgan fingerprint density at radius 1 is 1.40 bits per heavy atom. The minimum absolute atomic E-state index is 0.0224. The van der Waals surface area contributed by atoms with Gasteiger partial charge in [-0.2, -0.15) is 0 Å². The first kappa shape index (κ1) is 14.5. The van der Waals surface area contributed by atoms with Crippen molar-refractivity contribution in [2.45, 2.75) is 32.2 Å². The number of rotatable bonds is 6. The van der Waals surface area contributed by atoms with Gasteiger partial charge < -0.3 is 16.0 Å². The summed E-state index contributed by atoms with van der Waals surface area (Å²) in [7, 11) is 0. The van der Waals surface area contributed by atoms with Crippen LogP contribution in [0.2, 0.25) is 0 Å². The van der Waals surface area contributed by atoms with Gasteiger partial charge in [-0.15, -0.1) is 0 Å². The van der Waals surface area contributed by atoms with Crippen LogP contribution in [-0.2, 0) is 16.1 Å². The highest BCUT2D eigenvalue weighted by Crippen LogP contribution is 2.12. The molecular weight excluding hydrogens is 254 g/mol. The molecule has 1 aliphatic rings. The Bertz CT molecular complexity index is 488. The molecule has 2 rings (SSSR count). The van der Waals surface area contributed by atoms with Crippen LogP contribution < -0.4 is 11.1 Å². The van der Waals surface area contributed by atoms with Crippen molar-refractivity contribution in [1.29, 1.82) is 0 Å². The predicted molar refractivity (Wildman–Crippen MR) is 78.0 cm³/mol. The number of hydrogen-bond acceptors (Lipinski definition) is 3. The molecule has 1 aromatic rings. The Morgan fingerprint density at radius 2 is 2.25 bits per heavy atom. The van der Waals surface area contributed by atoms with Gasteiger partial charge in [0.2, 0.25) is 11.8 Å². The third-order valence-corrected chi connectivity index (χ3v) is 3.45. The highest BCUT2D eigenvalue weighted by molar-refractivity contribution is 5.90. The smallest absolute Gasteiger partial charge is 0.224 e. The van der Waals surface area contributed by atoms with E-state index in [2.05, 4.69) is 5.32 Å². The normalized spacial score (nSPS) is 14.7. The second kappa shape index (κ2) is 7.05. The minimum atomic E-state index is -0.0224. The number of anilines is 1. The van der Waals surface area contributed by atoms with Crippen LogP contribution in [0.5, 0.6) is 0 Å². The van der Waals surface area contributed by atoms with E-state index in [9.17, 15) is 9.59 Å². The standard InChI is InChI=1S/C15H21N3O2/c16-11-12-4-1-5-13(10-12)17-14(19)6-2-8-18-9-3-7-15(18)20/h1,4-5,10H,2-3,6-9,11,16H2,(H,17,19). The highest BCUT2D eigenvalue weighted by Gasteiger charge is 2.19. The Kier molecular flexibility index (Phi) is 5.12. The third-order valence-electron chi connectivity index (χ3n) is 3.45. The fraction of sp³-hybridized carbons (Fsp3) is 0.467. The van der Waals surface area contributed by atoms with Gasteiger partial charge in [0, 0.05) is 38.2 Å². The van der Waals surface area contributed by atoms with Crippen LogP contribution in [0.4, 0.5) is 5.69 Å². The summed E-state index contributed by atoms with van der Waals surface area (Å²) in [6.07, 6.45) is 2.72. The molecule has 1 heterocycles. The average molecular weight is 275 g/mol. The Labute approximate surface area is 119 Å². The van der Waals surface area contributed by atoms with Gasteiger partial charge in [-0.25, -0.2) is 0 Å². The molecule has 0 atom stereocenters. The molecule has 108 valence electrons. The Balaban J connectivity index is 1.73. The summed E-state index contributed by atoms with van der Waals surface area (Å²) in [6.45, 7) is 1.97. The quantitative estimate of drug-likeness (QED) is 0.826. The third kappa shape index (κ3) is 4.06. The lowest BCUT2D eigenvalue weighted by Gasteiger charge is -2.14. The number of carbonyl (C=O) groups excluding carboxylic acids is 2. The van der Waals surface area contributed by atoms with Crippen LogP contribution in [-0.4, -0.2) is 29.8 Å². The van der Waals surface area contributed by atoms with E-state index in [1.54, 1.807) is 0 Å². The molecule has 0 aromatic heterocycles. The van der Waals surface area contributed by atoms with Gasteiger partial charge >= 0.3 is 0 Å². The zero-order valence-corrected chi connectivity index (χ0v) is 11.6. The van der Waals surface area contributed by atoms with Gasteiger partial charge in [0.15, 0.2) is 0 Å². The van der Waals surface area contributed by atoms with Crippen LogP contribution in [0.3, 0.4) is 0 Å². The van der Waals surface area contributed by atoms with Crippen molar-refractivity contribution in [2.24, 2.45) is 5.73 Å². The molecule has 1 aromatic carbocycles. The molecule has 5 nitrogen and oxygen atoms in total. The molecule has 5 heteroatoms. The maximum Gasteiger partial charge on any atom is 0.224 e. The van der Waals surface area contributed by atoms with Crippen molar-refractivity contribution >= 4 is 17.5 Å². The first-order valence-corrected chi connectivity index (χ1v) is 7.05. The maximum absolute atomic E-state index is 11.8. The molecule has 1 fully saturated rings. The number of amides is 2. The first-order valence-electron chi connectivity index (χ1n) is 7.05. The summed E-state index contributed by atoms with van der Waals surface area (Å²) in [6, 6.07) is 7.53. The number of nitrogens with one attached hydrogen (secondary N) is 1. The van der Waals surface area contributed by atoms with Crippen molar-refractivity contribution in [3.05, 3.63) is 29.8 Å². The van der Waals surface area contributed by atoms with Gasteiger partial charge in [-0.3, -0.25) is 9.59 Å². The molecular formula is C15H21N3O2. The van der Waals surface area contributed by atoms with E-state index in [1.165, 1.54) is 0 Å². The zero-order valence-electron chi connectivity index (χ0n) is 11.6. The number of likely N-dealkylation sites (tertiary alicyclic amines) is 1.